The van der Waals surface area contributed by atoms with Crippen molar-refractivity contribution in [1.82, 2.24) is 0 Å². The Morgan fingerprint density at radius 3 is 2.76 bits per heavy atom. The zero-order valence-electron chi connectivity index (χ0n) is 16.4. The van der Waals surface area contributed by atoms with E-state index in [-0.39, 0.29) is 12.5 Å². The fourth-order valence-corrected chi connectivity index (χ4v) is 3.91. The van der Waals surface area contributed by atoms with Crippen molar-refractivity contribution >= 4 is 17.5 Å². The van der Waals surface area contributed by atoms with Gasteiger partial charge in [-0.05, 0) is 30.3 Å². The van der Waals surface area contributed by atoms with Gasteiger partial charge in [-0.1, -0.05) is 24.3 Å². The molecule has 0 saturated heterocycles. The fourth-order valence-electron chi connectivity index (χ4n) is 3.91. The Morgan fingerprint density at radius 2 is 2.03 bits per heavy atom. The molecule has 0 saturated carbocycles. The number of fused-ring (bicyclic) bond motifs is 3. The number of ether oxygens (including phenoxy) is 2. The molecule has 1 N–H and O–H groups in total. The van der Waals surface area contributed by atoms with Crippen LogP contribution in [0, 0.1) is 0 Å². The highest BCUT2D eigenvalue weighted by atomic mass is 16.5. The summed E-state index contributed by atoms with van der Waals surface area (Å²) in [5, 5.41) is 8.86. The second-order valence-electron chi connectivity index (χ2n) is 7.20. The molecule has 0 spiro atoms. The third kappa shape index (κ3) is 3.19. The average molecular weight is 392 g/mol. The zero-order chi connectivity index (χ0) is 20.4. The summed E-state index contributed by atoms with van der Waals surface area (Å²) >= 11 is 0. The van der Waals surface area contributed by atoms with E-state index in [1.807, 2.05) is 48.5 Å². The van der Waals surface area contributed by atoms with Crippen molar-refractivity contribution in [3.8, 4) is 5.75 Å². The first-order chi connectivity index (χ1) is 14.1. The monoisotopic (exact) mass is 392 g/mol. The number of carbonyl (C=O) groups excluding carboxylic acids is 1. The van der Waals surface area contributed by atoms with Gasteiger partial charge in [0.2, 0.25) is 5.90 Å². The molecular weight excluding hydrogens is 368 g/mol. The second-order valence-corrected chi connectivity index (χ2v) is 7.20. The van der Waals surface area contributed by atoms with Gasteiger partial charge in [0.15, 0.2) is 11.6 Å². The molecule has 4 rings (SSSR count). The second kappa shape index (κ2) is 7.72. The molecule has 0 unspecified atom stereocenters. The molecule has 2 heterocycles. The first-order valence-corrected chi connectivity index (χ1v) is 9.69. The smallest absolute Gasteiger partial charge is 0.259 e. The minimum Gasteiger partial charge on any atom is -0.494 e. The Balaban J connectivity index is 1.69. The van der Waals surface area contributed by atoms with E-state index in [0.29, 0.717) is 31.1 Å². The van der Waals surface area contributed by atoms with Crippen molar-refractivity contribution in [2.24, 2.45) is 4.99 Å². The molecule has 2 aromatic carbocycles. The summed E-state index contributed by atoms with van der Waals surface area (Å²) in [7, 11) is 1.77. The lowest BCUT2D eigenvalue weighted by atomic mass is 9.80. The van der Waals surface area contributed by atoms with E-state index in [1.54, 1.807) is 18.0 Å². The third-order valence-corrected chi connectivity index (χ3v) is 5.35. The topological polar surface area (TPSA) is 71.4 Å². The zero-order valence-corrected chi connectivity index (χ0v) is 16.4. The summed E-state index contributed by atoms with van der Waals surface area (Å²) in [5.41, 5.74) is 1.52. The van der Waals surface area contributed by atoms with Crippen LogP contribution in [-0.4, -0.2) is 42.7 Å². The quantitative estimate of drug-likeness (QED) is 0.580. The molecular formula is C23H24N2O4. The van der Waals surface area contributed by atoms with Crippen LogP contribution in [0.5, 0.6) is 5.75 Å². The van der Waals surface area contributed by atoms with Gasteiger partial charge in [-0.25, -0.2) is 4.99 Å². The van der Waals surface area contributed by atoms with E-state index in [4.69, 9.17) is 19.6 Å². The maximum Gasteiger partial charge on any atom is 0.259 e. The van der Waals surface area contributed by atoms with Crippen molar-refractivity contribution in [2.75, 3.05) is 25.2 Å². The lowest BCUT2D eigenvalue weighted by Gasteiger charge is -2.39. The van der Waals surface area contributed by atoms with Crippen LogP contribution in [0.15, 0.2) is 66.2 Å². The number of benzene rings is 2. The Kier molecular flexibility index (Phi) is 5.11. The molecule has 2 aliphatic heterocycles. The van der Waals surface area contributed by atoms with Crippen LogP contribution in [0.2, 0.25) is 0 Å². The number of likely N-dealkylation sites (N-methyl/N-ethyl adjacent to an activating group) is 1. The van der Waals surface area contributed by atoms with Gasteiger partial charge in [-0.15, -0.1) is 6.58 Å². The maximum absolute atomic E-state index is 13.3. The van der Waals surface area contributed by atoms with Gasteiger partial charge in [0.05, 0.1) is 12.3 Å². The molecule has 2 atom stereocenters. The lowest BCUT2D eigenvalue weighted by molar-refractivity contribution is -0.126. The highest BCUT2D eigenvalue weighted by Gasteiger charge is 2.57. The molecule has 0 aromatic heterocycles. The summed E-state index contributed by atoms with van der Waals surface area (Å²) in [5.74, 6) is 1.05. The van der Waals surface area contributed by atoms with Gasteiger partial charge >= 0.3 is 0 Å². The van der Waals surface area contributed by atoms with Crippen molar-refractivity contribution in [2.45, 2.75) is 24.5 Å². The van der Waals surface area contributed by atoms with Crippen molar-refractivity contribution in [1.29, 1.82) is 0 Å². The van der Waals surface area contributed by atoms with Gasteiger partial charge in [0.1, 0.15) is 5.75 Å². The van der Waals surface area contributed by atoms with Crippen molar-refractivity contribution < 1.29 is 19.4 Å². The van der Waals surface area contributed by atoms with Crippen LogP contribution in [-0.2, 0) is 9.53 Å². The number of hydrogen-bond donors (Lipinski definition) is 1. The number of hydrogen-bond acceptors (Lipinski definition) is 5. The Labute approximate surface area is 170 Å². The predicted molar refractivity (Wildman–Crippen MR) is 111 cm³/mol. The van der Waals surface area contributed by atoms with Crippen LogP contribution in [0.3, 0.4) is 0 Å². The summed E-state index contributed by atoms with van der Waals surface area (Å²) in [6.07, 6.45) is 2.20. The molecule has 0 bridgehead atoms. The molecule has 2 aliphatic rings. The number of rotatable bonds is 7. The van der Waals surface area contributed by atoms with Gasteiger partial charge in [-0.3, -0.25) is 4.79 Å². The number of aliphatic hydroxyl groups is 1. The summed E-state index contributed by atoms with van der Waals surface area (Å²) in [6.45, 7) is 4.39. The number of aliphatic imine (C=N–C) groups is 1. The minimum atomic E-state index is -1.05. The summed E-state index contributed by atoms with van der Waals surface area (Å²) in [6, 6.07) is 15.2. The number of aliphatic hydroxyl groups excluding tert-OH is 1. The summed E-state index contributed by atoms with van der Waals surface area (Å²) < 4.78 is 11.9. The van der Waals surface area contributed by atoms with E-state index in [9.17, 15) is 4.79 Å². The molecule has 0 radical (unpaired) electrons. The van der Waals surface area contributed by atoms with Gasteiger partial charge in [-0.2, -0.15) is 0 Å². The highest BCUT2D eigenvalue weighted by molar-refractivity contribution is 6.08. The number of para-hydroxylation sites is 1. The van der Waals surface area contributed by atoms with Gasteiger partial charge in [0, 0.05) is 37.6 Å². The first kappa shape index (κ1) is 19.2. The summed E-state index contributed by atoms with van der Waals surface area (Å²) in [4.78, 5) is 19.8. The number of nitrogens with zero attached hydrogens (tertiary/aromatic N) is 2. The van der Waals surface area contributed by atoms with E-state index in [0.717, 1.165) is 16.8 Å². The number of amides is 1. The van der Waals surface area contributed by atoms with E-state index < -0.39 is 11.6 Å². The van der Waals surface area contributed by atoms with E-state index in [2.05, 4.69) is 6.58 Å². The predicted octanol–water partition coefficient (Wildman–Crippen LogP) is 3.26. The van der Waals surface area contributed by atoms with Crippen LogP contribution in [0.25, 0.3) is 0 Å². The third-order valence-electron chi connectivity index (χ3n) is 5.35. The van der Waals surface area contributed by atoms with Crippen LogP contribution >= 0.6 is 0 Å². The normalized spacial score (nSPS) is 22.4. The molecule has 0 aliphatic carbocycles. The SMILES string of the molecule is C=CC[C@@]12N=C(c3ccc(OCCCO)cc3)O[C@@H]1c1ccccc1N(C)C2=O. The minimum absolute atomic E-state index is 0.0967. The van der Waals surface area contributed by atoms with Crippen molar-refractivity contribution in [3.63, 3.8) is 0 Å². The first-order valence-electron chi connectivity index (χ1n) is 9.69. The standard InChI is InChI=1S/C23H24N2O4/c1-3-13-23-20(18-7-4-5-8-19(18)25(2)22(23)27)29-21(24-23)16-9-11-17(12-10-16)28-15-6-14-26/h3-5,7-12,20,26H,1,6,13-15H2,2H3/t20-,23-/m1/s1. The molecule has 6 heteroatoms. The number of anilines is 1. The van der Waals surface area contributed by atoms with Crippen LogP contribution < -0.4 is 9.64 Å². The Bertz CT molecular complexity index is 954. The molecule has 6 nitrogen and oxygen atoms in total. The molecule has 150 valence electrons. The highest BCUT2D eigenvalue weighted by Crippen LogP contribution is 2.49. The Hall–Kier alpha value is -3.12. The molecule has 0 fully saturated rings. The maximum atomic E-state index is 13.3. The van der Waals surface area contributed by atoms with E-state index >= 15 is 0 Å². The average Bonchev–Trinajstić information content (AvgIpc) is 3.14. The van der Waals surface area contributed by atoms with E-state index in [1.165, 1.54) is 0 Å². The van der Waals surface area contributed by atoms with Crippen molar-refractivity contribution in [3.05, 3.63) is 72.3 Å². The lowest BCUT2D eigenvalue weighted by Crippen LogP contribution is -2.52. The largest absolute Gasteiger partial charge is 0.494 e. The van der Waals surface area contributed by atoms with Crippen LogP contribution in [0.4, 0.5) is 5.69 Å². The van der Waals surface area contributed by atoms with Crippen LogP contribution in [0.1, 0.15) is 30.1 Å². The Morgan fingerprint density at radius 1 is 1.28 bits per heavy atom. The molecule has 1 amide bonds. The molecule has 2 aromatic rings. The molecule has 29 heavy (non-hydrogen) atoms. The van der Waals surface area contributed by atoms with Gasteiger partial charge in [0.25, 0.3) is 5.91 Å². The van der Waals surface area contributed by atoms with Gasteiger partial charge < -0.3 is 19.5 Å². The number of carbonyl (C=O) groups is 1. The fraction of sp³-hybridized carbons (Fsp3) is 0.304.